The van der Waals surface area contributed by atoms with Crippen molar-refractivity contribution in [2.24, 2.45) is 0 Å². The lowest BCUT2D eigenvalue weighted by molar-refractivity contribution is -0.275. The van der Waals surface area contributed by atoms with Crippen molar-refractivity contribution in [3.05, 3.63) is 83.4 Å². The molecule has 2 aromatic heterocycles. The fourth-order valence-electron chi connectivity index (χ4n) is 4.68. The number of benzene rings is 2. The molecule has 6 rings (SSSR count). The summed E-state index contributed by atoms with van der Waals surface area (Å²) in [6.45, 7) is 0. The number of carbonyl (C=O) groups is 2. The summed E-state index contributed by atoms with van der Waals surface area (Å²) in [4.78, 5) is 31.3. The fraction of sp³-hybridized carbons (Fsp3) is 0.294. The van der Waals surface area contributed by atoms with Crippen LogP contribution in [0.25, 0.3) is 0 Å². The van der Waals surface area contributed by atoms with Crippen molar-refractivity contribution >= 4 is 22.8 Å². The number of alkyl halides is 6. The van der Waals surface area contributed by atoms with E-state index < -0.39 is 35.4 Å². The van der Waals surface area contributed by atoms with Crippen LogP contribution in [0, 0.1) is 0 Å². The number of carboxylic acids is 1. The number of nitrogens with zero attached hydrogens (tertiary/aromatic N) is 2. The fourth-order valence-corrected chi connectivity index (χ4v) is 4.82. The first kappa shape index (κ1) is 37.8. The molecule has 18 heteroatoms. The average Bonchev–Trinajstić information content (AvgIpc) is 3.99. The van der Waals surface area contributed by atoms with E-state index in [1.54, 1.807) is 6.07 Å². The second-order valence-electron chi connectivity index (χ2n) is 11.3. The first-order chi connectivity index (χ1) is 24.5. The van der Waals surface area contributed by atoms with Gasteiger partial charge in [0, 0.05) is 59.9 Å². The minimum atomic E-state index is -4.84. The summed E-state index contributed by atoms with van der Waals surface area (Å²) < 4.78 is 103. The van der Waals surface area contributed by atoms with Gasteiger partial charge in [0.15, 0.2) is 23.0 Å². The first-order valence-corrected chi connectivity index (χ1v) is 15.6. The highest BCUT2D eigenvalue weighted by Crippen LogP contribution is 2.44. The molecule has 11 nitrogen and oxygen atoms in total. The Kier molecular flexibility index (Phi) is 11.2. The van der Waals surface area contributed by atoms with E-state index in [-0.39, 0.29) is 51.5 Å². The number of carboxylic acid groups (broad SMARTS) is 1. The number of pyridine rings is 2. The molecule has 2 heterocycles. The summed E-state index contributed by atoms with van der Waals surface area (Å²) >= 11 is 5.56. The van der Waals surface area contributed by atoms with Gasteiger partial charge in [0.2, 0.25) is 0 Å². The third-order valence-electron chi connectivity index (χ3n) is 7.38. The molecule has 0 atom stereocenters. The molecule has 2 fully saturated rings. The molecule has 1 N–H and O–H groups in total. The van der Waals surface area contributed by atoms with Gasteiger partial charge in [-0.15, -0.1) is 26.3 Å². The zero-order valence-electron chi connectivity index (χ0n) is 27.0. The Morgan fingerprint density at radius 3 is 1.40 bits per heavy atom. The van der Waals surface area contributed by atoms with Gasteiger partial charge < -0.3 is 33.5 Å². The topological polar surface area (TPSA) is 136 Å². The second-order valence-corrected chi connectivity index (χ2v) is 11.6. The largest absolute Gasteiger partial charge is 0.573 e. The number of rotatable bonds is 12. The van der Waals surface area contributed by atoms with E-state index in [0.29, 0.717) is 11.6 Å². The van der Waals surface area contributed by atoms with Crippen LogP contribution in [-0.4, -0.2) is 53.2 Å². The van der Waals surface area contributed by atoms with E-state index in [1.807, 2.05) is 0 Å². The SMILES string of the molecule is COc1cc(OC(F)(F)F)ccc1Oc1cc(C2CC2)ncc1C(=O)Cl.COc1cc(OC(F)(F)F)ccc1Oc1cc(C2CC2)ncc1C(=O)O. The molecule has 52 heavy (non-hydrogen) atoms. The van der Waals surface area contributed by atoms with E-state index in [0.717, 1.165) is 55.6 Å². The summed E-state index contributed by atoms with van der Waals surface area (Å²) in [6.07, 6.45) is -3.22. The molecule has 4 aromatic rings. The Morgan fingerprint density at radius 1 is 0.654 bits per heavy atom. The molecule has 2 aliphatic rings. The summed E-state index contributed by atoms with van der Waals surface area (Å²) in [5.41, 5.74) is 1.36. The van der Waals surface area contributed by atoms with E-state index in [1.165, 1.54) is 44.8 Å². The van der Waals surface area contributed by atoms with E-state index in [9.17, 15) is 41.0 Å². The maximum absolute atomic E-state index is 12.3. The van der Waals surface area contributed by atoms with Gasteiger partial charge in [0.05, 0.1) is 19.8 Å². The van der Waals surface area contributed by atoms with Crippen LogP contribution >= 0.6 is 11.6 Å². The molecular formula is C34H27ClF6N2O9. The van der Waals surface area contributed by atoms with Crippen LogP contribution in [0.15, 0.2) is 60.9 Å². The van der Waals surface area contributed by atoms with Crippen molar-refractivity contribution < 1.29 is 69.5 Å². The second kappa shape index (κ2) is 15.4. The number of aromatic carboxylic acids is 1. The summed E-state index contributed by atoms with van der Waals surface area (Å²) in [5.74, 6) is -1.26. The molecule has 2 saturated carbocycles. The molecule has 0 saturated heterocycles. The van der Waals surface area contributed by atoms with Gasteiger partial charge in [-0.3, -0.25) is 14.8 Å². The maximum Gasteiger partial charge on any atom is 0.573 e. The van der Waals surface area contributed by atoms with Crippen LogP contribution in [-0.2, 0) is 0 Å². The number of hydrogen-bond acceptors (Lipinski definition) is 10. The number of aromatic nitrogens is 2. The molecule has 0 spiro atoms. The standard InChI is InChI=1S/C17H13ClF3NO4.C17H14F3NO5/c1-24-15-6-10(26-17(19,20)21)4-5-13(15)25-14-7-12(9-2-3-9)22-8-11(14)16(18)23;1-24-15-6-10(26-17(18,19)20)4-5-13(15)25-14-7-12(9-2-3-9)21-8-11(14)16(22)23/h4-9H,2-3H2,1H3;4-9H,2-3H2,1H3,(H,22,23). The minimum Gasteiger partial charge on any atom is -0.493 e. The molecular weight excluding hydrogens is 730 g/mol. The number of methoxy groups -OCH3 is 2. The quantitative estimate of drug-likeness (QED) is 0.109. The predicted octanol–water partition coefficient (Wildman–Crippen LogP) is 9.39. The van der Waals surface area contributed by atoms with Crippen molar-refractivity contribution in [1.29, 1.82) is 0 Å². The van der Waals surface area contributed by atoms with Gasteiger partial charge in [0.25, 0.3) is 5.24 Å². The lowest BCUT2D eigenvalue weighted by Crippen LogP contribution is -2.17. The smallest absolute Gasteiger partial charge is 0.493 e. The zero-order chi connectivity index (χ0) is 37.8. The minimum absolute atomic E-state index is 0.00417. The van der Waals surface area contributed by atoms with Gasteiger partial charge in [0.1, 0.15) is 28.6 Å². The molecule has 2 aliphatic carbocycles. The summed E-state index contributed by atoms with van der Waals surface area (Å²) in [7, 11) is 2.52. The number of hydrogen-bond donors (Lipinski definition) is 1. The van der Waals surface area contributed by atoms with E-state index in [2.05, 4.69) is 19.4 Å². The van der Waals surface area contributed by atoms with Crippen LogP contribution in [0.5, 0.6) is 46.0 Å². The highest BCUT2D eigenvalue weighted by atomic mass is 35.5. The molecule has 0 radical (unpaired) electrons. The Hall–Kier alpha value is -5.45. The summed E-state index contributed by atoms with van der Waals surface area (Å²) in [6, 6.07) is 9.77. The average molecular weight is 757 g/mol. The summed E-state index contributed by atoms with van der Waals surface area (Å²) in [5, 5.41) is 8.53. The lowest BCUT2D eigenvalue weighted by Gasteiger charge is -2.15. The third-order valence-corrected chi connectivity index (χ3v) is 7.59. The molecule has 276 valence electrons. The van der Waals surface area contributed by atoms with Crippen LogP contribution < -0.4 is 28.4 Å². The van der Waals surface area contributed by atoms with Crippen LogP contribution in [0.3, 0.4) is 0 Å². The first-order valence-electron chi connectivity index (χ1n) is 15.2. The van der Waals surface area contributed by atoms with Crippen molar-refractivity contribution in [3.8, 4) is 46.0 Å². The van der Waals surface area contributed by atoms with E-state index in [4.69, 9.17) is 30.5 Å². The normalized spacial score (nSPS) is 14.0. The van der Waals surface area contributed by atoms with Crippen LogP contribution in [0.2, 0.25) is 0 Å². The molecule has 0 unspecified atom stereocenters. The third kappa shape index (κ3) is 10.3. The van der Waals surface area contributed by atoms with E-state index >= 15 is 0 Å². The Bertz CT molecular complexity index is 1810. The van der Waals surface area contributed by atoms with Gasteiger partial charge in [-0.05, 0) is 61.5 Å². The van der Waals surface area contributed by atoms with Gasteiger partial charge in [-0.25, -0.2) is 4.79 Å². The molecule has 0 amide bonds. The monoisotopic (exact) mass is 756 g/mol. The molecule has 2 aromatic carbocycles. The van der Waals surface area contributed by atoms with Gasteiger partial charge >= 0.3 is 18.7 Å². The van der Waals surface area contributed by atoms with Crippen molar-refractivity contribution in [1.82, 2.24) is 9.97 Å². The highest BCUT2D eigenvalue weighted by Gasteiger charge is 2.33. The van der Waals surface area contributed by atoms with Crippen molar-refractivity contribution in [3.63, 3.8) is 0 Å². The molecule has 0 aliphatic heterocycles. The van der Waals surface area contributed by atoms with Crippen molar-refractivity contribution in [2.45, 2.75) is 50.2 Å². The van der Waals surface area contributed by atoms with Gasteiger partial charge in [-0.2, -0.15) is 0 Å². The number of ether oxygens (including phenoxy) is 6. The Balaban J connectivity index is 0.000000201. The molecule has 0 bridgehead atoms. The zero-order valence-corrected chi connectivity index (χ0v) is 27.8. The lowest BCUT2D eigenvalue weighted by atomic mass is 10.2. The van der Waals surface area contributed by atoms with Crippen molar-refractivity contribution in [2.75, 3.05) is 14.2 Å². The highest BCUT2D eigenvalue weighted by molar-refractivity contribution is 6.68. The Morgan fingerprint density at radius 2 is 1.06 bits per heavy atom. The number of carbonyl (C=O) groups excluding carboxylic acids is 1. The van der Waals surface area contributed by atoms with Crippen LogP contribution in [0.4, 0.5) is 26.3 Å². The van der Waals surface area contributed by atoms with Crippen LogP contribution in [0.1, 0.15) is 69.6 Å². The maximum atomic E-state index is 12.3. The van der Waals surface area contributed by atoms with Gasteiger partial charge in [-0.1, -0.05) is 0 Å². The number of halogens is 7. The Labute approximate surface area is 296 Å². The predicted molar refractivity (Wildman–Crippen MR) is 169 cm³/mol.